The molecule has 174 valence electrons. The summed E-state index contributed by atoms with van der Waals surface area (Å²) < 4.78 is 6.66. The third-order valence-corrected chi connectivity index (χ3v) is 7.36. The van der Waals surface area contributed by atoms with Crippen LogP contribution in [0.15, 0.2) is 86.5 Å². The van der Waals surface area contributed by atoms with Crippen molar-refractivity contribution in [3.63, 3.8) is 0 Å². The van der Waals surface area contributed by atoms with Crippen molar-refractivity contribution in [3.05, 3.63) is 110 Å². The number of aliphatic hydroxyl groups is 1. The van der Waals surface area contributed by atoms with Crippen molar-refractivity contribution < 1.29 is 19.1 Å². The molecule has 6 rings (SSSR count). The minimum absolute atomic E-state index is 0.0184. The number of anilines is 1. The van der Waals surface area contributed by atoms with Crippen LogP contribution in [0.5, 0.6) is 0 Å². The third kappa shape index (κ3) is 2.84. The van der Waals surface area contributed by atoms with E-state index in [0.717, 1.165) is 0 Å². The zero-order valence-electron chi connectivity index (χ0n) is 18.6. The number of para-hydroxylation sites is 1. The number of nitrogens with zero attached hydrogens (tertiary/aromatic N) is 2. The first-order valence-corrected chi connectivity index (χ1v) is 11.8. The van der Waals surface area contributed by atoms with Crippen LogP contribution in [-0.4, -0.2) is 35.4 Å². The molecular formula is C27H19BrN2O5. The van der Waals surface area contributed by atoms with Crippen LogP contribution >= 0.6 is 15.9 Å². The molecule has 35 heavy (non-hydrogen) atoms. The van der Waals surface area contributed by atoms with Gasteiger partial charge in [-0.2, -0.15) is 0 Å². The van der Waals surface area contributed by atoms with E-state index in [9.17, 15) is 19.5 Å². The van der Waals surface area contributed by atoms with E-state index >= 15 is 0 Å². The number of hydrogen-bond donors (Lipinski definition) is 1. The maximum absolute atomic E-state index is 14.0. The van der Waals surface area contributed by atoms with Crippen molar-refractivity contribution in [2.24, 2.45) is 0 Å². The first-order chi connectivity index (χ1) is 16.9. The van der Waals surface area contributed by atoms with Crippen LogP contribution in [0.3, 0.4) is 0 Å². The second-order valence-corrected chi connectivity index (χ2v) is 9.63. The number of β-amino-alcohol motifs (C(OH)–C–C–N with tert-alkyl or cyclic N) is 1. The Morgan fingerprint density at radius 3 is 2.49 bits per heavy atom. The monoisotopic (exact) mass is 530 g/mol. The summed E-state index contributed by atoms with van der Waals surface area (Å²) in [4.78, 5) is 44.6. The van der Waals surface area contributed by atoms with Crippen molar-refractivity contribution in [1.29, 1.82) is 0 Å². The summed E-state index contributed by atoms with van der Waals surface area (Å²) in [5, 5.41) is 11.3. The summed E-state index contributed by atoms with van der Waals surface area (Å²) in [6.45, 7) is -0.208. The molecule has 0 saturated heterocycles. The van der Waals surface area contributed by atoms with Gasteiger partial charge in [-0.15, -0.1) is 0 Å². The van der Waals surface area contributed by atoms with E-state index in [-0.39, 0.29) is 28.8 Å². The van der Waals surface area contributed by atoms with Crippen molar-refractivity contribution in [2.75, 3.05) is 18.5 Å². The SMILES string of the molecule is CN1C(=O)C2(c3ccccc31)c1c(oc3ccc(Br)cc3c1=O)C(=O)N2CC(O)c1ccccc1. The zero-order valence-corrected chi connectivity index (χ0v) is 20.2. The molecule has 0 bridgehead atoms. The van der Waals surface area contributed by atoms with Crippen LogP contribution in [0.1, 0.15) is 33.3 Å². The molecule has 0 saturated carbocycles. The lowest BCUT2D eigenvalue weighted by molar-refractivity contribution is -0.126. The number of hydrogen-bond acceptors (Lipinski definition) is 5. The van der Waals surface area contributed by atoms with Gasteiger partial charge in [-0.25, -0.2) is 0 Å². The van der Waals surface area contributed by atoms with Gasteiger partial charge in [0, 0.05) is 22.8 Å². The number of benzene rings is 3. The standard InChI is InChI=1S/C27H19BrN2O5/c1-29-19-10-6-5-9-18(19)27(26(29)34)22-23(32)17-13-16(28)11-12-21(17)35-24(22)25(33)30(27)14-20(31)15-7-3-2-4-8-15/h2-13,20,31H,14H2,1H3. The van der Waals surface area contributed by atoms with E-state index in [1.807, 2.05) is 6.07 Å². The Hall–Kier alpha value is -3.75. The Kier molecular flexibility index (Phi) is 4.74. The number of aliphatic hydroxyl groups excluding tert-OH is 1. The molecule has 2 unspecified atom stereocenters. The molecule has 0 aliphatic carbocycles. The fourth-order valence-electron chi connectivity index (χ4n) is 5.27. The molecule has 2 atom stereocenters. The first kappa shape index (κ1) is 21.8. The number of fused-ring (bicyclic) bond motifs is 5. The van der Waals surface area contributed by atoms with Crippen LogP contribution < -0.4 is 10.3 Å². The fourth-order valence-corrected chi connectivity index (χ4v) is 5.63. The second kappa shape index (κ2) is 7.63. The number of amides is 2. The van der Waals surface area contributed by atoms with Crippen LogP contribution in [0.4, 0.5) is 5.69 Å². The summed E-state index contributed by atoms with van der Waals surface area (Å²) in [6, 6.07) is 20.9. The molecule has 2 amide bonds. The lowest BCUT2D eigenvalue weighted by Crippen LogP contribution is -2.53. The van der Waals surface area contributed by atoms with Crippen molar-refractivity contribution >= 4 is 44.4 Å². The predicted octanol–water partition coefficient (Wildman–Crippen LogP) is 3.96. The Bertz CT molecular complexity index is 1600. The summed E-state index contributed by atoms with van der Waals surface area (Å²) in [6.07, 6.45) is -1.09. The second-order valence-electron chi connectivity index (χ2n) is 8.71. The van der Waals surface area contributed by atoms with Crippen LogP contribution in [0.25, 0.3) is 11.0 Å². The molecular weight excluding hydrogens is 512 g/mol. The highest BCUT2D eigenvalue weighted by molar-refractivity contribution is 9.10. The molecule has 1 aromatic heterocycles. The zero-order chi connectivity index (χ0) is 24.5. The van der Waals surface area contributed by atoms with Crippen molar-refractivity contribution in [1.82, 2.24) is 4.90 Å². The maximum atomic E-state index is 14.0. The molecule has 2 aliphatic heterocycles. The molecule has 7 nitrogen and oxygen atoms in total. The largest absolute Gasteiger partial charge is 0.450 e. The van der Waals surface area contributed by atoms with Gasteiger partial charge in [-0.3, -0.25) is 14.4 Å². The molecule has 8 heteroatoms. The highest BCUT2D eigenvalue weighted by atomic mass is 79.9. The van der Waals surface area contributed by atoms with Crippen molar-refractivity contribution in [3.8, 4) is 0 Å². The summed E-state index contributed by atoms with van der Waals surface area (Å²) >= 11 is 3.39. The molecule has 4 aromatic rings. The maximum Gasteiger partial charge on any atom is 0.291 e. The highest BCUT2D eigenvalue weighted by Gasteiger charge is 2.64. The van der Waals surface area contributed by atoms with Gasteiger partial charge < -0.3 is 19.3 Å². The van der Waals surface area contributed by atoms with Crippen LogP contribution in [0.2, 0.25) is 0 Å². The number of carbonyl (C=O) groups is 2. The number of likely N-dealkylation sites (N-methyl/N-ethyl adjacent to an activating group) is 1. The topological polar surface area (TPSA) is 91.1 Å². The van der Waals surface area contributed by atoms with Gasteiger partial charge in [0.1, 0.15) is 5.58 Å². The molecule has 1 N–H and O–H groups in total. The Morgan fingerprint density at radius 1 is 1.00 bits per heavy atom. The number of rotatable bonds is 3. The van der Waals surface area contributed by atoms with E-state index in [4.69, 9.17) is 4.42 Å². The fraction of sp³-hybridized carbons (Fsp3) is 0.148. The Morgan fingerprint density at radius 2 is 1.71 bits per heavy atom. The van der Waals surface area contributed by atoms with Crippen LogP contribution in [0, 0.1) is 0 Å². The van der Waals surface area contributed by atoms with Gasteiger partial charge in [-0.05, 0) is 29.8 Å². The molecule has 3 aromatic carbocycles. The number of carbonyl (C=O) groups excluding carboxylic acids is 2. The minimum atomic E-state index is -1.75. The summed E-state index contributed by atoms with van der Waals surface area (Å²) in [5.41, 5.74) is -0.288. The quantitative estimate of drug-likeness (QED) is 0.432. The lowest BCUT2D eigenvalue weighted by atomic mass is 9.83. The third-order valence-electron chi connectivity index (χ3n) is 6.87. The average molecular weight is 531 g/mol. The Balaban J connectivity index is 1.66. The molecule has 2 aliphatic rings. The molecule has 0 fully saturated rings. The number of halogens is 1. The van der Waals surface area contributed by atoms with Gasteiger partial charge >= 0.3 is 0 Å². The summed E-state index contributed by atoms with van der Waals surface area (Å²) in [5.74, 6) is -1.24. The Labute approximate surface area is 208 Å². The van der Waals surface area contributed by atoms with Crippen LogP contribution in [-0.2, 0) is 10.3 Å². The predicted molar refractivity (Wildman–Crippen MR) is 133 cm³/mol. The van der Waals surface area contributed by atoms with Gasteiger partial charge in [-0.1, -0.05) is 64.5 Å². The molecule has 1 spiro atoms. The van der Waals surface area contributed by atoms with Gasteiger partial charge in [0.25, 0.3) is 11.8 Å². The van der Waals surface area contributed by atoms with Crippen molar-refractivity contribution in [2.45, 2.75) is 11.6 Å². The lowest BCUT2D eigenvalue weighted by Gasteiger charge is -2.35. The van der Waals surface area contributed by atoms with E-state index in [2.05, 4.69) is 15.9 Å². The normalized spacial score (nSPS) is 19.5. The van der Waals surface area contributed by atoms with E-state index in [1.54, 1.807) is 73.8 Å². The van der Waals surface area contributed by atoms with Gasteiger partial charge in [0.2, 0.25) is 5.76 Å². The smallest absolute Gasteiger partial charge is 0.291 e. The average Bonchev–Trinajstić information content (AvgIpc) is 3.25. The van der Waals surface area contributed by atoms with Gasteiger partial charge in [0.05, 0.1) is 23.6 Å². The minimum Gasteiger partial charge on any atom is -0.450 e. The van der Waals surface area contributed by atoms with E-state index < -0.39 is 28.9 Å². The molecule has 0 radical (unpaired) electrons. The molecule has 3 heterocycles. The summed E-state index contributed by atoms with van der Waals surface area (Å²) in [7, 11) is 1.61. The highest BCUT2D eigenvalue weighted by Crippen LogP contribution is 2.52. The first-order valence-electron chi connectivity index (χ1n) is 11.0. The van der Waals surface area contributed by atoms with E-state index in [1.165, 1.54) is 9.80 Å². The van der Waals surface area contributed by atoms with E-state index in [0.29, 0.717) is 21.3 Å². The van der Waals surface area contributed by atoms with Gasteiger partial charge in [0.15, 0.2) is 11.0 Å².